The second kappa shape index (κ2) is 2.96. The van der Waals surface area contributed by atoms with E-state index in [1.54, 1.807) is 0 Å². The number of hydrogen-bond donors (Lipinski definition) is 0. The van der Waals surface area contributed by atoms with E-state index in [0.717, 1.165) is 19.5 Å². The van der Waals surface area contributed by atoms with Gasteiger partial charge in [-0.1, -0.05) is 0 Å². The molecule has 0 saturated carbocycles. The van der Waals surface area contributed by atoms with Crippen molar-refractivity contribution in [2.45, 2.75) is 6.42 Å². The number of nitrogens with zero attached hydrogens (tertiary/aromatic N) is 1. The van der Waals surface area contributed by atoms with Crippen molar-refractivity contribution < 1.29 is 4.79 Å². The molecule has 0 radical (unpaired) electrons. The van der Waals surface area contributed by atoms with Crippen LogP contribution in [0.1, 0.15) is 6.42 Å². The van der Waals surface area contributed by atoms with Gasteiger partial charge >= 0.3 is 0 Å². The van der Waals surface area contributed by atoms with Crippen molar-refractivity contribution in [1.82, 2.24) is 4.90 Å². The third-order valence-corrected chi connectivity index (χ3v) is 2.59. The Hall–Kier alpha value is 0.360. The van der Waals surface area contributed by atoms with Crippen LogP contribution in [-0.2, 0) is 4.79 Å². The lowest BCUT2D eigenvalue weighted by atomic mass is 10.1. The van der Waals surface area contributed by atoms with Crippen LogP contribution < -0.4 is 0 Å². The Morgan fingerprint density at radius 3 is 2.67 bits per heavy atom. The molecular weight excluding hydrogens is 229 g/mol. The summed E-state index contributed by atoms with van der Waals surface area (Å²) in [5.41, 5.74) is 0. The number of carbonyl (C=O) groups is 1. The van der Waals surface area contributed by atoms with Gasteiger partial charge in [0.2, 0.25) is 0 Å². The average Bonchev–Trinajstić information content (AvgIpc) is 2.14. The summed E-state index contributed by atoms with van der Waals surface area (Å²) in [6.45, 7) is 2.04. The topological polar surface area (TPSA) is 20.3 Å². The molecule has 0 aromatic heterocycles. The average molecular weight is 239 g/mol. The molecule has 1 saturated heterocycles. The van der Waals surface area contributed by atoms with Gasteiger partial charge in [0, 0.05) is 12.5 Å². The van der Waals surface area contributed by atoms with E-state index in [-0.39, 0.29) is 0 Å². The first-order chi connectivity index (χ1) is 4.20. The van der Waals surface area contributed by atoms with Crippen molar-refractivity contribution in [3.8, 4) is 0 Å². The molecule has 1 atom stereocenters. The fourth-order valence-electron chi connectivity index (χ4n) is 1.12. The summed E-state index contributed by atoms with van der Waals surface area (Å²) >= 11 is 1.89. The molecule has 0 amide bonds. The predicted octanol–water partition coefficient (Wildman–Crippen LogP) is 0.900. The molecule has 1 aliphatic rings. The lowest BCUT2D eigenvalue weighted by Gasteiger charge is -2.04. The lowest BCUT2D eigenvalue weighted by molar-refractivity contribution is -0.112. The highest BCUT2D eigenvalue weighted by Gasteiger charge is 2.23. The summed E-state index contributed by atoms with van der Waals surface area (Å²) < 4.78 is 0.317. The van der Waals surface area contributed by atoms with Gasteiger partial charge in [0.05, 0.1) is 0 Å². The van der Waals surface area contributed by atoms with Crippen LogP contribution in [0.3, 0.4) is 0 Å². The Morgan fingerprint density at radius 2 is 2.44 bits per heavy atom. The maximum Gasteiger partial charge on any atom is 0.196 e. The molecule has 0 aromatic rings. The number of hydrogen-bond acceptors (Lipinski definition) is 2. The second-order valence-electron chi connectivity index (χ2n) is 2.55. The van der Waals surface area contributed by atoms with E-state index in [1.807, 2.05) is 22.6 Å². The highest BCUT2D eigenvalue weighted by molar-refractivity contribution is 14.1. The quantitative estimate of drug-likeness (QED) is 0.500. The summed E-state index contributed by atoms with van der Waals surface area (Å²) in [4.78, 5) is 12.9. The summed E-state index contributed by atoms with van der Waals surface area (Å²) in [6.07, 6.45) is 1.05. The minimum Gasteiger partial charge on any atom is -0.306 e. The molecule has 0 aliphatic carbocycles. The molecule has 0 spiro atoms. The van der Waals surface area contributed by atoms with Crippen LogP contribution in [0.25, 0.3) is 0 Å². The third-order valence-electron chi connectivity index (χ3n) is 1.71. The van der Waals surface area contributed by atoms with Gasteiger partial charge in [-0.3, -0.25) is 4.79 Å². The first-order valence-electron chi connectivity index (χ1n) is 3.08. The van der Waals surface area contributed by atoms with Crippen molar-refractivity contribution >= 4 is 26.4 Å². The molecule has 3 heteroatoms. The second-order valence-corrected chi connectivity index (χ2v) is 3.62. The van der Waals surface area contributed by atoms with E-state index in [4.69, 9.17) is 0 Å². The molecular formula is C6H10INO. The van der Waals surface area contributed by atoms with E-state index in [1.165, 1.54) is 0 Å². The largest absolute Gasteiger partial charge is 0.306 e. The van der Waals surface area contributed by atoms with Gasteiger partial charge in [0.15, 0.2) is 3.79 Å². The molecule has 52 valence electrons. The van der Waals surface area contributed by atoms with Crippen molar-refractivity contribution in [1.29, 1.82) is 0 Å². The maximum atomic E-state index is 10.8. The van der Waals surface area contributed by atoms with E-state index >= 15 is 0 Å². The molecule has 1 heterocycles. The standard InChI is InChI=1S/C6H10INO/c1-8-3-2-5(4-8)6(7)9/h5H,2-4H2,1H3. The third kappa shape index (κ3) is 1.89. The molecule has 0 bridgehead atoms. The van der Waals surface area contributed by atoms with Crippen molar-refractivity contribution in [2.24, 2.45) is 5.92 Å². The molecule has 0 aromatic carbocycles. The number of rotatable bonds is 1. The molecule has 1 fully saturated rings. The SMILES string of the molecule is CN1CCC(C(=O)I)C1. The van der Waals surface area contributed by atoms with Gasteiger partial charge < -0.3 is 4.90 Å². The normalized spacial score (nSPS) is 28.9. The Labute approximate surface area is 68.7 Å². The molecule has 1 rings (SSSR count). The highest BCUT2D eigenvalue weighted by atomic mass is 127. The first kappa shape index (κ1) is 7.47. The molecule has 9 heavy (non-hydrogen) atoms. The van der Waals surface area contributed by atoms with Crippen molar-refractivity contribution in [3.05, 3.63) is 0 Å². The smallest absolute Gasteiger partial charge is 0.196 e. The van der Waals surface area contributed by atoms with Gasteiger partial charge in [-0.2, -0.15) is 0 Å². The summed E-state index contributed by atoms with van der Waals surface area (Å²) in [5.74, 6) is 0.315. The monoisotopic (exact) mass is 239 g/mol. The van der Waals surface area contributed by atoms with Crippen molar-refractivity contribution in [3.63, 3.8) is 0 Å². The van der Waals surface area contributed by atoms with E-state index < -0.39 is 0 Å². The van der Waals surface area contributed by atoms with E-state index in [0.29, 0.717) is 9.71 Å². The van der Waals surface area contributed by atoms with Crippen LogP contribution in [0, 0.1) is 5.92 Å². The minimum absolute atomic E-state index is 0.315. The molecule has 2 nitrogen and oxygen atoms in total. The Morgan fingerprint density at radius 1 is 1.78 bits per heavy atom. The molecule has 1 aliphatic heterocycles. The van der Waals surface area contributed by atoms with Crippen LogP contribution in [0.2, 0.25) is 0 Å². The summed E-state index contributed by atoms with van der Waals surface area (Å²) in [5, 5.41) is 0. The number of halogens is 1. The summed E-state index contributed by atoms with van der Waals surface area (Å²) in [7, 11) is 2.06. The minimum atomic E-state index is 0.315. The fraction of sp³-hybridized carbons (Fsp3) is 0.833. The van der Waals surface area contributed by atoms with Crippen LogP contribution in [0.4, 0.5) is 0 Å². The Bertz CT molecular complexity index is 126. The molecule has 0 N–H and O–H groups in total. The van der Waals surface area contributed by atoms with Crippen LogP contribution >= 0.6 is 22.6 Å². The lowest BCUT2D eigenvalue weighted by Crippen LogP contribution is -2.16. The zero-order valence-electron chi connectivity index (χ0n) is 5.43. The number of carbonyl (C=O) groups excluding carboxylic acids is 1. The summed E-state index contributed by atoms with van der Waals surface area (Å²) in [6, 6.07) is 0. The van der Waals surface area contributed by atoms with Crippen LogP contribution in [0.5, 0.6) is 0 Å². The molecule has 1 unspecified atom stereocenters. The Balaban J connectivity index is 2.39. The van der Waals surface area contributed by atoms with Gasteiger partial charge in [0.25, 0.3) is 0 Å². The van der Waals surface area contributed by atoms with Crippen LogP contribution in [0.15, 0.2) is 0 Å². The van der Waals surface area contributed by atoms with E-state index in [9.17, 15) is 4.79 Å². The maximum absolute atomic E-state index is 10.8. The van der Waals surface area contributed by atoms with Gasteiger partial charge in [-0.05, 0) is 42.6 Å². The van der Waals surface area contributed by atoms with Gasteiger partial charge in [0.1, 0.15) is 0 Å². The predicted molar refractivity (Wildman–Crippen MR) is 44.6 cm³/mol. The van der Waals surface area contributed by atoms with Crippen LogP contribution in [-0.4, -0.2) is 28.8 Å². The number of likely N-dealkylation sites (tertiary alicyclic amines) is 1. The van der Waals surface area contributed by atoms with Gasteiger partial charge in [-0.15, -0.1) is 0 Å². The van der Waals surface area contributed by atoms with E-state index in [2.05, 4.69) is 11.9 Å². The first-order valence-corrected chi connectivity index (χ1v) is 4.16. The Kier molecular flexibility index (Phi) is 2.46. The van der Waals surface area contributed by atoms with Gasteiger partial charge in [-0.25, -0.2) is 0 Å². The fourth-order valence-corrected chi connectivity index (χ4v) is 1.63. The zero-order chi connectivity index (χ0) is 6.85. The van der Waals surface area contributed by atoms with Crippen molar-refractivity contribution in [2.75, 3.05) is 20.1 Å². The highest BCUT2D eigenvalue weighted by Crippen LogP contribution is 2.17. The zero-order valence-corrected chi connectivity index (χ0v) is 7.59.